The molecule has 2 nitrogen and oxygen atoms in total. The number of ether oxygens (including phenoxy) is 1. The van der Waals surface area contributed by atoms with Crippen molar-refractivity contribution in [1.82, 2.24) is 4.98 Å². The van der Waals surface area contributed by atoms with Crippen molar-refractivity contribution < 1.29 is 4.74 Å². The number of hydrogen-bond acceptors (Lipinski definition) is 3. The van der Waals surface area contributed by atoms with Gasteiger partial charge in [0, 0.05) is 26.6 Å². The van der Waals surface area contributed by atoms with Crippen molar-refractivity contribution in [3.05, 3.63) is 57.5 Å². The van der Waals surface area contributed by atoms with E-state index in [9.17, 15) is 0 Å². The lowest BCUT2D eigenvalue weighted by molar-refractivity contribution is 0.414. The van der Waals surface area contributed by atoms with E-state index in [1.807, 2.05) is 41.8 Å². The maximum absolute atomic E-state index is 6.18. The summed E-state index contributed by atoms with van der Waals surface area (Å²) in [5.41, 5.74) is 3.18. The van der Waals surface area contributed by atoms with Gasteiger partial charge in [0.2, 0.25) is 0 Å². The van der Waals surface area contributed by atoms with Gasteiger partial charge >= 0.3 is 0 Å². The standard InChI is InChI=1S/C16H11BrClNOS/c1-20-11-3-5-12(15(17)9-11)14-8-10(18)2-4-13(14)16-19-6-7-21-16/h2-9H,1H3. The first-order valence-corrected chi connectivity index (χ1v) is 8.27. The van der Waals surface area contributed by atoms with Gasteiger partial charge in [0.25, 0.3) is 0 Å². The lowest BCUT2D eigenvalue weighted by Gasteiger charge is -2.11. The molecule has 2 aromatic carbocycles. The summed E-state index contributed by atoms with van der Waals surface area (Å²) in [5.74, 6) is 0.809. The molecule has 0 saturated carbocycles. The number of halogens is 2. The number of thiazole rings is 1. The van der Waals surface area contributed by atoms with Crippen LogP contribution in [0.1, 0.15) is 0 Å². The summed E-state index contributed by atoms with van der Waals surface area (Å²) in [6.45, 7) is 0. The predicted molar refractivity (Wildman–Crippen MR) is 92.2 cm³/mol. The molecule has 0 spiro atoms. The summed E-state index contributed by atoms with van der Waals surface area (Å²) in [7, 11) is 1.65. The zero-order valence-electron chi connectivity index (χ0n) is 11.1. The molecule has 1 aromatic heterocycles. The normalized spacial score (nSPS) is 10.6. The number of hydrogen-bond donors (Lipinski definition) is 0. The Hall–Kier alpha value is -1.36. The largest absolute Gasteiger partial charge is 0.497 e. The fourth-order valence-electron chi connectivity index (χ4n) is 2.12. The first-order chi connectivity index (χ1) is 10.2. The van der Waals surface area contributed by atoms with Gasteiger partial charge in [-0.3, -0.25) is 0 Å². The van der Waals surface area contributed by atoms with Crippen LogP contribution in [0.4, 0.5) is 0 Å². The highest BCUT2D eigenvalue weighted by molar-refractivity contribution is 9.10. The van der Waals surface area contributed by atoms with E-state index in [1.165, 1.54) is 0 Å². The smallest absolute Gasteiger partial charge is 0.123 e. The average Bonchev–Trinajstić information content (AvgIpc) is 3.01. The molecule has 1 heterocycles. The molecule has 21 heavy (non-hydrogen) atoms. The third-order valence-corrected chi connectivity index (χ3v) is 4.81. The Morgan fingerprint density at radius 1 is 1.10 bits per heavy atom. The number of aromatic nitrogens is 1. The maximum atomic E-state index is 6.18. The van der Waals surface area contributed by atoms with E-state index in [0.29, 0.717) is 5.02 Å². The highest BCUT2D eigenvalue weighted by Gasteiger charge is 2.13. The molecule has 3 aromatic rings. The topological polar surface area (TPSA) is 22.1 Å². The van der Waals surface area contributed by atoms with E-state index in [0.717, 1.165) is 31.9 Å². The van der Waals surface area contributed by atoms with E-state index in [-0.39, 0.29) is 0 Å². The van der Waals surface area contributed by atoms with Gasteiger partial charge in [-0.25, -0.2) is 4.98 Å². The van der Waals surface area contributed by atoms with Gasteiger partial charge < -0.3 is 4.74 Å². The SMILES string of the molecule is COc1ccc(-c2cc(Cl)ccc2-c2nccs2)c(Br)c1. The van der Waals surface area contributed by atoms with E-state index < -0.39 is 0 Å². The number of benzene rings is 2. The third kappa shape index (κ3) is 2.98. The molecule has 106 valence electrons. The number of nitrogens with zero attached hydrogens (tertiary/aromatic N) is 1. The van der Waals surface area contributed by atoms with Gasteiger partial charge in [0.05, 0.1) is 7.11 Å². The second-order valence-electron chi connectivity index (χ2n) is 4.37. The molecule has 0 unspecified atom stereocenters. The summed E-state index contributed by atoms with van der Waals surface area (Å²) >= 11 is 11.4. The summed E-state index contributed by atoms with van der Waals surface area (Å²) in [4.78, 5) is 4.40. The molecule has 5 heteroatoms. The molecule has 0 N–H and O–H groups in total. The summed E-state index contributed by atoms with van der Waals surface area (Å²) < 4.78 is 6.21. The highest BCUT2D eigenvalue weighted by Crippen LogP contribution is 2.39. The number of rotatable bonds is 3. The van der Waals surface area contributed by atoms with Crippen LogP contribution in [0.25, 0.3) is 21.7 Å². The summed E-state index contributed by atoms with van der Waals surface area (Å²) in [5, 5.41) is 3.65. The van der Waals surface area contributed by atoms with Crippen LogP contribution in [0.5, 0.6) is 5.75 Å². The van der Waals surface area contributed by atoms with Crippen molar-refractivity contribution in [3.8, 4) is 27.4 Å². The molecule has 0 fully saturated rings. The minimum absolute atomic E-state index is 0.702. The molecule has 0 aliphatic heterocycles. The monoisotopic (exact) mass is 379 g/mol. The summed E-state index contributed by atoms with van der Waals surface area (Å²) in [6, 6.07) is 11.8. The van der Waals surface area contributed by atoms with E-state index in [2.05, 4.69) is 20.9 Å². The minimum Gasteiger partial charge on any atom is -0.497 e. The van der Waals surface area contributed by atoms with Crippen LogP contribution in [0.15, 0.2) is 52.4 Å². The second-order valence-corrected chi connectivity index (χ2v) is 6.56. The van der Waals surface area contributed by atoms with Gasteiger partial charge in [-0.1, -0.05) is 27.5 Å². The van der Waals surface area contributed by atoms with Crippen LogP contribution in [-0.4, -0.2) is 12.1 Å². The van der Waals surface area contributed by atoms with Crippen LogP contribution < -0.4 is 4.74 Å². The lowest BCUT2D eigenvalue weighted by atomic mass is 10.00. The summed E-state index contributed by atoms with van der Waals surface area (Å²) in [6.07, 6.45) is 1.81. The molecule has 0 aliphatic rings. The Bertz CT molecular complexity index is 774. The van der Waals surface area contributed by atoms with Crippen LogP contribution in [0.2, 0.25) is 5.02 Å². The first-order valence-electron chi connectivity index (χ1n) is 6.22. The van der Waals surface area contributed by atoms with Gasteiger partial charge in [0.1, 0.15) is 10.8 Å². The van der Waals surface area contributed by atoms with Crippen LogP contribution >= 0.6 is 38.9 Å². The Labute approximate surface area is 140 Å². The quantitative estimate of drug-likeness (QED) is 0.564. The molecule has 0 saturated heterocycles. The predicted octanol–water partition coefficient (Wildman–Crippen LogP) is 5.90. The van der Waals surface area contributed by atoms with Crippen LogP contribution in [0.3, 0.4) is 0 Å². The lowest BCUT2D eigenvalue weighted by Crippen LogP contribution is -1.88. The van der Waals surface area contributed by atoms with Crippen LogP contribution in [0, 0.1) is 0 Å². The van der Waals surface area contributed by atoms with E-state index in [4.69, 9.17) is 16.3 Å². The fraction of sp³-hybridized carbons (Fsp3) is 0.0625. The Morgan fingerprint density at radius 3 is 2.57 bits per heavy atom. The zero-order chi connectivity index (χ0) is 14.8. The van der Waals surface area contributed by atoms with Gasteiger partial charge in [-0.05, 0) is 47.5 Å². The van der Waals surface area contributed by atoms with Crippen molar-refractivity contribution in [3.63, 3.8) is 0 Å². The molecular formula is C16H11BrClNOS. The van der Waals surface area contributed by atoms with Gasteiger partial charge in [-0.15, -0.1) is 11.3 Å². The Kier molecular flexibility index (Phi) is 4.29. The third-order valence-electron chi connectivity index (χ3n) is 3.11. The van der Waals surface area contributed by atoms with Crippen molar-refractivity contribution in [2.24, 2.45) is 0 Å². The van der Waals surface area contributed by atoms with E-state index >= 15 is 0 Å². The average molecular weight is 381 g/mol. The second kappa shape index (κ2) is 6.18. The molecular weight excluding hydrogens is 370 g/mol. The molecule has 0 aliphatic carbocycles. The first kappa shape index (κ1) is 14.6. The maximum Gasteiger partial charge on any atom is 0.123 e. The molecule has 0 bridgehead atoms. The molecule has 3 rings (SSSR count). The highest BCUT2D eigenvalue weighted by atomic mass is 79.9. The number of methoxy groups -OCH3 is 1. The van der Waals surface area contributed by atoms with Gasteiger partial charge in [-0.2, -0.15) is 0 Å². The van der Waals surface area contributed by atoms with Crippen molar-refractivity contribution >= 4 is 38.9 Å². The zero-order valence-corrected chi connectivity index (χ0v) is 14.3. The van der Waals surface area contributed by atoms with Crippen molar-refractivity contribution in [1.29, 1.82) is 0 Å². The minimum atomic E-state index is 0.702. The van der Waals surface area contributed by atoms with Crippen molar-refractivity contribution in [2.75, 3.05) is 7.11 Å². The fourth-order valence-corrected chi connectivity index (χ4v) is 3.54. The Morgan fingerprint density at radius 2 is 1.90 bits per heavy atom. The van der Waals surface area contributed by atoms with E-state index in [1.54, 1.807) is 24.6 Å². The molecule has 0 amide bonds. The molecule has 0 atom stereocenters. The van der Waals surface area contributed by atoms with Crippen LogP contribution in [-0.2, 0) is 0 Å². The van der Waals surface area contributed by atoms with Crippen molar-refractivity contribution in [2.45, 2.75) is 0 Å². The van der Waals surface area contributed by atoms with Gasteiger partial charge in [0.15, 0.2) is 0 Å². The Balaban J connectivity index is 2.20. The molecule has 0 radical (unpaired) electrons.